The molecule has 0 aliphatic carbocycles. The van der Waals surface area contributed by atoms with Crippen molar-refractivity contribution in [3.05, 3.63) is 60.3 Å². The Labute approximate surface area is 100 Å². The lowest BCUT2D eigenvalue weighted by atomic mass is 10.1. The van der Waals surface area contributed by atoms with Crippen LogP contribution in [0, 0.1) is 0 Å². The molecule has 0 saturated carbocycles. The minimum atomic E-state index is 0.577. The Hall–Kier alpha value is -1.94. The molecule has 17 heavy (non-hydrogen) atoms. The molecule has 0 unspecified atom stereocenters. The Morgan fingerprint density at radius 3 is 2.88 bits per heavy atom. The molecule has 0 aliphatic heterocycles. The number of aromatic nitrogens is 2. The fourth-order valence-corrected chi connectivity index (χ4v) is 1.49. The van der Waals surface area contributed by atoms with Crippen molar-refractivity contribution in [2.24, 2.45) is 0 Å². The molecule has 0 aliphatic rings. The van der Waals surface area contributed by atoms with Crippen LogP contribution in [0.2, 0.25) is 0 Å². The molecule has 0 radical (unpaired) electrons. The van der Waals surface area contributed by atoms with Crippen LogP contribution < -0.4 is 5.32 Å². The highest BCUT2D eigenvalue weighted by molar-refractivity contribution is 5.18. The van der Waals surface area contributed by atoms with E-state index in [4.69, 9.17) is 4.52 Å². The third-order valence-corrected chi connectivity index (χ3v) is 2.28. The van der Waals surface area contributed by atoms with Crippen LogP contribution in [0.3, 0.4) is 0 Å². The van der Waals surface area contributed by atoms with Crippen molar-refractivity contribution in [1.82, 2.24) is 15.5 Å². The van der Waals surface area contributed by atoms with Crippen LogP contribution in [-0.4, -0.2) is 16.7 Å². The van der Waals surface area contributed by atoms with E-state index in [1.54, 1.807) is 6.08 Å². The SMILES string of the molecule is C=CCNCc1nc(Cc2ccccc2)no1. The van der Waals surface area contributed by atoms with E-state index in [0.29, 0.717) is 24.7 Å². The molecule has 4 nitrogen and oxygen atoms in total. The maximum absolute atomic E-state index is 5.13. The van der Waals surface area contributed by atoms with E-state index in [1.807, 2.05) is 30.3 Å². The summed E-state index contributed by atoms with van der Waals surface area (Å²) in [5.74, 6) is 1.32. The van der Waals surface area contributed by atoms with Crippen molar-refractivity contribution in [3.8, 4) is 0 Å². The molecule has 2 rings (SSSR count). The third kappa shape index (κ3) is 3.53. The average Bonchev–Trinajstić information content (AvgIpc) is 2.79. The maximum atomic E-state index is 5.13. The van der Waals surface area contributed by atoms with Gasteiger partial charge in [-0.3, -0.25) is 0 Å². The Morgan fingerprint density at radius 1 is 1.29 bits per heavy atom. The quantitative estimate of drug-likeness (QED) is 0.607. The number of rotatable bonds is 6. The Morgan fingerprint density at radius 2 is 2.12 bits per heavy atom. The molecule has 1 aromatic carbocycles. The van der Waals surface area contributed by atoms with Crippen molar-refractivity contribution in [3.63, 3.8) is 0 Å². The first-order chi connectivity index (χ1) is 8.38. The normalized spacial score (nSPS) is 10.4. The van der Waals surface area contributed by atoms with Crippen LogP contribution in [0.5, 0.6) is 0 Å². The van der Waals surface area contributed by atoms with Gasteiger partial charge in [-0.1, -0.05) is 41.6 Å². The van der Waals surface area contributed by atoms with Crippen LogP contribution >= 0.6 is 0 Å². The zero-order chi connectivity index (χ0) is 11.9. The van der Waals surface area contributed by atoms with Gasteiger partial charge < -0.3 is 9.84 Å². The summed E-state index contributed by atoms with van der Waals surface area (Å²) in [7, 11) is 0. The van der Waals surface area contributed by atoms with Crippen molar-refractivity contribution < 1.29 is 4.52 Å². The smallest absolute Gasteiger partial charge is 0.240 e. The molecular formula is C13H15N3O. The molecule has 88 valence electrons. The molecule has 0 bridgehead atoms. The van der Waals surface area contributed by atoms with Crippen molar-refractivity contribution in [1.29, 1.82) is 0 Å². The Kier molecular flexibility index (Phi) is 4.05. The molecule has 1 N–H and O–H groups in total. The monoisotopic (exact) mass is 229 g/mol. The number of benzene rings is 1. The number of hydrogen-bond acceptors (Lipinski definition) is 4. The van der Waals surface area contributed by atoms with E-state index in [1.165, 1.54) is 5.56 Å². The van der Waals surface area contributed by atoms with Gasteiger partial charge >= 0.3 is 0 Å². The largest absolute Gasteiger partial charge is 0.338 e. The van der Waals surface area contributed by atoms with E-state index >= 15 is 0 Å². The minimum absolute atomic E-state index is 0.577. The summed E-state index contributed by atoms with van der Waals surface area (Å²) in [6, 6.07) is 10.1. The molecule has 1 aromatic heterocycles. The standard InChI is InChI=1S/C13H15N3O/c1-2-8-14-10-13-15-12(16-17-13)9-11-6-4-3-5-7-11/h2-7,14H,1,8-10H2. The summed E-state index contributed by atoms with van der Waals surface area (Å²) in [6.07, 6.45) is 2.49. The predicted molar refractivity (Wildman–Crippen MR) is 65.4 cm³/mol. The van der Waals surface area contributed by atoms with E-state index in [2.05, 4.69) is 22.0 Å². The molecular weight excluding hydrogens is 214 g/mol. The third-order valence-electron chi connectivity index (χ3n) is 2.28. The first kappa shape index (κ1) is 11.5. The first-order valence-corrected chi connectivity index (χ1v) is 5.55. The first-order valence-electron chi connectivity index (χ1n) is 5.55. The van der Waals surface area contributed by atoms with Gasteiger partial charge in [0.05, 0.1) is 6.54 Å². The number of nitrogens with one attached hydrogen (secondary N) is 1. The van der Waals surface area contributed by atoms with Crippen LogP contribution in [0.4, 0.5) is 0 Å². The van der Waals surface area contributed by atoms with Crippen LogP contribution in [-0.2, 0) is 13.0 Å². The molecule has 0 atom stereocenters. The fourth-order valence-electron chi connectivity index (χ4n) is 1.49. The summed E-state index contributed by atoms with van der Waals surface area (Å²) in [4.78, 5) is 4.30. The second-order valence-corrected chi connectivity index (χ2v) is 3.69. The second kappa shape index (κ2) is 5.96. The highest BCUT2D eigenvalue weighted by atomic mass is 16.5. The Bertz CT molecular complexity index is 465. The second-order valence-electron chi connectivity index (χ2n) is 3.69. The summed E-state index contributed by atoms with van der Waals surface area (Å²) >= 11 is 0. The van der Waals surface area contributed by atoms with Crippen molar-refractivity contribution >= 4 is 0 Å². The number of nitrogens with zero attached hydrogens (tertiary/aromatic N) is 2. The topological polar surface area (TPSA) is 51.0 Å². The lowest BCUT2D eigenvalue weighted by molar-refractivity contribution is 0.366. The zero-order valence-electron chi connectivity index (χ0n) is 9.60. The van der Waals surface area contributed by atoms with E-state index in [9.17, 15) is 0 Å². The zero-order valence-corrected chi connectivity index (χ0v) is 9.60. The summed E-state index contributed by atoms with van der Waals surface area (Å²) in [5, 5.41) is 7.05. The van der Waals surface area contributed by atoms with Gasteiger partial charge in [0.1, 0.15) is 0 Å². The van der Waals surface area contributed by atoms with Crippen LogP contribution in [0.15, 0.2) is 47.5 Å². The molecule has 2 aromatic rings. The molecule has 0 saturated heterocycles. The van der Waals surface area contributed by atoms with Gasteiger partial charge in [0.25, 0.3) is 0 Å². The van der Waals surface area contributed by atoms with Gasteiger partial charge in [0.15, 0.2) is 5.82 Å². The summed E-state index contributed by atoms with van der Waals surface area (Å²) < 4.78 is 5.13. The van der Waals surface area contributed by atoms with Gasteiger partial charge in [-0.2, -0.15) is 4.98 Å². The number of hydrogen-bond donors (Lipinski definition) is 1. The van der Waals surface area contributed by atoms with E-state index < -0.39 is 0 Å². The van der Waals surface area contributed by atoms with Gasteiger partial charge in [-0.25, -0.2) is 0 Å². The lowest BCUT2D eigenvalue weighted by Crippen LogP contribution is -2.12. The molecule has 4 heteroatoms. The minimum Gasteiger partial charge on any atom is -0.338 e. The molecule has 0 amide bonds. The highest BCUT2D eigenvalue weighted by Crippen LogP contribution is 2.06. The fraction of sp³-hybridized carbons (Fsp3) is 0.231. The molecule has 1 heterocycles. The molecule has 0 spiro atoms. The van der Waals surface area contributed by atoms with Crippen molar-refractivity contribution in [2.75, 3.05) is 6.54 Å². The van der Waals surface area contributed by atoms with Gasteiger partial charge in [0, 0.05) is 13.0 Å². The van der Waals surface area contributed by atoms with Crippen LogP contribution in [0.1, 0.15) is 17.3 Å². The summed E-state index contributed by atoms with van der Waals surface area (Å²) in [6.45, 7) is 4.93. The van der Waals surface area contributed by atoms with E-state index in [-0.39, 0.29) is 0 Å². The summed E-state index contributed by atoms with van der Waals surface area (Å²) in [5.41, 5.74) is 1.18. The van der Waals surface area contributed by atoms with Gasteiger partial charge in [0.2, 0.25) is 5.89 Å². The van der Waals surface area contributed by atoms with Crippen LogP contribution in [0.25, 0.3) is 0 Å². The van der Waals surface area contributed by atoms with Gasteiger partial charge in [-0.05, 0) is 5.56 Å². The molecule has 0 fully saturated rings. The van der Waals surface area contributed by atoms with E-state index in [0.717, 1.165) is 6.54 Å². The maximum Gasteiger partial charge on any atom is 0.240 e. The van der Waals surface area contributed by atoms with Gasteiger partial charge in [-0.15, -0.1) is 6.58 Å². The highest BCUT2D eigenvalue weighted by Gasteiger charge is 2.05. The Balaban J connectivity index is 1.92. The predicted octanol–water partition coefficient (Wildman–Crippen LogP) is 1.94. The van der Waals surface area contributed by atoms with Crippen molar-refractivity contribution in [2.45, 2.75) is 13.0 Å². The lowest BCUT2D eigenvalue weighted by Gasteiger charge is -1.95. The average molecular weight is 229 g/mol.